The van der Waals surface area contributed by atoms with Crippen molar-refractivity contribution in [2.45, 2.75) is 19.9 Å². The number of likely N-dealkylation sites (N-methyl/N-ethyl adjacent to an activating group) is 1. The molecular formula is C13H16N4O. The van der Waals surface area contributed by atoms with Crippen LogP contribution in [0.25, 0.3) is 10.9 Å². The van der Waals surface area contributed by atoms with Gasteiger partial charge < -0.3 is 10.6 Å². The minimum Gasteiger partial charge on any atom is -0.372 e. The number of carbonyl (C=O) groups excluding carboxylic acids is 1. The second kappa shape index (κ2) is 5.44. The lowest BCUT2D eigenvalue weighted by atomic mass is 10.2. The Kier molecular flexibility index (Phi) is 3.72. The quantitative estimate of drug-likeness (QED) is 0.856. The van der Waals surface area contributed by atoms with E-state index in [1.54, 1.807) is 6.20 Å². The van der Waals surface area contributed by atoms with Crippen molar-refractivity contribution in [3.63, 3.8) is 0 Å². The molecule has 18 heavy (non-hydrogen) atoms. The standard InChI is InChI=1S/C13H16N4O/c1-3-14-13(18)9(2)16-12-8-15-17-11-7-5-4-6-10(11)12/h4-9H,3H2,1-2H3,(H,14,18)(H,16,17). The molecule has 0 aliphatic rings. The van der Waals surface area contributed by atoms with Crippen molar-refractivity contribution in [3.05, 3.63) is 30.5 Å². The first-order valence-corrected chi connectivity index (χ1v) is 5.97. The number of nitrogens with zero attached hydrogens (tertiary/aromatic N) is 2. The van der Waals surface area contributed by atoms with Crippen LogP contribution in [0.5, 0.6) is 0 Å². The summed E-state index contributed by atoms with van der Waals surface area (Å²) in [4.78, 5) is 11.7. The van der Waals surface area contributed by atoms with Crippen LogP contribution in [-0.2, 0) is 4.79 Å². The number of fused-ring (bicyclic) bond motifs is 1. The maximum atomic E-state index is 11.7. The van der Waals surface area contributed by atoms with E-state index in [9.17, 15) is 4.79 Å². The molecule has 94 valence electrons. The molecule has 1 amide bonds. The Labute approximate surface area is 106 Å². The number of hydrogen-bond donors (Lipinski definition) is 2. The van der Waals surface area contributed by atoms with E-state index in [-0.39, 0.29) is 11.9 Å². The van der Waals surface area contributed by atoms with Crippen LogP contribution in [0, 0.1) is 0 Å². The molecule has 1 aromatic carbocycles. The largest absolute Gasteiger partial charge is 0.372 e. The van der Waals surface area contributed by atoms with Gasteiger partial charge >= 0.3 is 0 Å². The first kappa shape index (κ1) is 12.3. The van der Waals surface area contributed by atoms with Crippen molar-refractivity contribution in [1.82, 2.24) is 15.5 Å². The molecule has 0 radical (unpaired) electrons. The second-order valence-electron chi connectivity index (χ2n) is 4.04. The summed E-state index contributed by atoms with van der Waals surface area (Å²) in [6.45, 7) is 4.34. The molecule has 0 aliphatic carbocycles. The third kappa shape index (κ3) is 2.56. The van der Waals surface area contributed by atoms with E-state index < -0.39 is 0 Å². The highest BCUT2D eigenvalue weighted by molar-refractivity contribution is 5.93. The molecule has 2 rings (SSSR count). The van der Waals surface area contributed by atoms with Gasteiger partial charge in [0.1, 0.15) is 6.04 Å². The topological polar surface area (TPSA) is 66.9 Å². The molecule has 0 spiro atoms. The number of anilines is 1. The Balaban J connectivity index is 2.24. The molecule has 1 atom stereocenters. The Morgan fingerprint density at radius 1 is 1.39 bits per heavy atom. The first-order valence-electron chi connectivity index (χ1n) is 5.97. The Morgan fingerprint density at radius 3 is 2.94 bits per heavy atom. The van der Waals surface area contributed by atoms with Gasteiger partial charge in [-0.25, -0.2) is 0 Å². The zero-order valence-electron chi connectivity index (χ0n) is 10.5. The minimum absolute atomic E-state index is 0.0293. The van der Waals surface area contributed by atoms with Crippen LogP contribution < -0.4 is 10.6 Å². The number of nitrogens with one attached hydrogen (secondary N) is 2. The molecule has 0 bridgehead atoms. The predicted octanol–water partition coefficient (Wildman–Crippen LogP) is 1.57. The molecule has 1 aromatic heterocycles. The van der Waals surface area contributed by atoms with Gasteiger partial charge in [0.05, 0.1) is 17.4 Å². The fraction of sp³-hybridized carbons (Fsp3) is 0.308. The van der Waals surface area contributed by atoms with Crippen LogP contribution in [0.4, 0.5) is 5.69 Å². The highest BCUT2D eigenvalue weighted by atomic mass is 16.2. The van der Waals surface area contributed by atoms with Gasteiger partial charge in [-0.2, -0.15) is 10.2 Å². The molecule has 0 saturated carbocycles. The van der Waals surface area contributed by atoms with Crippen molar-refractivity contribution in [2.24, 2.45) is 0 Å². The van der Waals surface area contributed by atoms with E-state index >= 15 is 0 Å². The van der Waals surface area contributed by atoms with E-state index in [1.807, 2.05) is 38.1 Å². The lowest BCUT2D eigenvalue weighted by Gasteiger charge is -2.15. The summed E-state index contributed by atoms with van der Waals surface area (Å²) in [5.74, 6) is -0.0293. The summed E-state index contributed by atoms with van der Waals surface area (Å²) < 4.78 is 0. The van der Waals surface area contributed by atoms with Crippen LogP contribution in [0.3, 0.4) is 0 Å². The molecule has 0 aliphatic heterocycles. The third-order valence-corrected chi connectivity index (χ3v) is 2.66. The Morgan fingerprint density at radius 2 is 2.17 bits per heavy atom. The van der Waals surface area contributed by atoms with Gasteiger partial charge in [-0.05, 0) is 19.9 Å². The predicted molar refractivity (Wildman–Crippen MR) is 71.3 cm³/mol. The number of hydrogen-bond acceptors (Lipinski definition) is 4. The minimum atomic E-state index is -0.308. The molecule has 1 unspecified atom stereocenters. The summed E-state index contributed by atoms with van der Waals surface area (Å²) in [5, 5.41) is 14.9. The zero-order valence-corrected chi connectivity index (χ0v) is 10.5. The number of benzene rings is 1. The zero-order chi connectivity index (χ0) is 13.0. The molecule has 2 N–H and O–H groups in total. The van der Waals surface area contributed by atoms with Gasteiger partial charge in [0.25, 0.3) is 0 Å². The van der Waals surface area contributed by atoms with Crippen LogP contribution >= 0.6 is 0 Å². The highest BCUT2D eigenvalue weighted by Crippen LogP contribution is 2.20. The van der Waals surface area contributed by atoms with Crippen LogP contribution in [0.2, 0.25) is 0 Å². The number of amides is 1. The smallest absolute Gasteiger partial charge is 0.242 e. The summed E-state index contributed by atoms with van der Waals surface area (Å²) in [5.41, 5.74) is 1.63. The maximum absolute atomic E-state index is 11.7. The average molecular weight is 244 g/mol. The fourth-order valence-corrected chi connectivity index (χ4v) is 1.75. The van der Waals surface area contributed by atoms with Crippen LogP contribution in [0.1, 0.15) is 13.8 Å². The fourth-order valence-electron chi connectivity index (χ4n) is 1.75. The van der Waals surface area contributed by atoms with Gasteiger partial charge in [0.15, 0.2) is 0 Å². The first-order chi connectivity index (χ1) is 8.72. The summed E-state index contributed by atoms with van der Waals surface area (Å²) >= 11 is 0. The monoisotopic (exact) mass is 244 g/mol. The van der Waals surface area contributed by atoms with Gasteiger partial charge in [-0.3, -0.25) is 4.79 Å². The van der Waals surface area contributed by atoms with Gasteiger partial charge in [0.2, 0.25) is 5.91 Å². The van der Waals surface area contributed by atoms with Crippen molar-refractivity contribution in [2.75, 3.05) is 11.9 Å². The maximum Gasteiger partial charge on any atom is 0.242 e. The van der Waals surface area contributed by atoms with Gasteiger partial charge in [-0.1, -0.05) is 18.2 Å². The molecule has 0 fully saturated rings. The second-order valence-corrected chi connectivity index (χ2v) is 4.04. The average Bonchev–Trinajstić information content (AvgIpc) is 2.39. The number of rotatable bonds is 4. The van der Waals surface area contributed by atoms with E-state index in [4.69, 9.17) is 0 Å². The van der Waals surface area contributed by atoms with Gasteiger partial charge in [0, 0.05) is 11.9 Å². The molecule has 5 heteroatoms. The van der Waals surface area contributed by atoms with Crippen LogP contribution in [-0.4, -0.2) is 28.7 Å². The van der Waals surface area contributed by atoms with E-state index in [2.05, 4.69) is 20.8 Å². The van der Waals surface area contributed by atoms with Crippen molar-refractivity contribution >= 4 is 22.5 Å². The summed E-state index contributed by atoms with van der Waals surface area (Å²) in [6.07, 6.45) is 1.64. The van der Waals surface area contributed by atoms with Crippen molar-refractivity contribution < 1.29 is 4.79 Å². The lowest BCUT2D eigenvalue weighted by molar-refractivity contribution is -0.121. The molecule has 1 heterocycles. The van der Waals surface area contributed by atoms with Crippen molar-refractivity contribution in [1.29, 1.82) is 0 Å². The van der Waals surface area contributed by atoms with E-state index in [1.165, 1.54) is 0 Å². The number of carbonyl (C=O) groups is 1. The van der Waals surface area contributed by atoms with E-state index in [0.29, 0.717) is 6.54 Å². The number of aromatic nitrogens is 2. The highest BCUT2D eigenvalue weighted by Gasteiger charge is 2.12. The van der Waals surface area contributed by atoms with Gasteiger partial charge in [-0.15, -0.1) is 0 Å². The summed E-state index contributed by atoms with van der Waals surface area (Å²) in [6, 6.07) is 7.39. The SMILES string of the molecule is CCNC(=O)C(C)Nc1cnnc2ccccc12. The Hall–Kier alpha value is -2.17. The van der Waals surface area contributed by atoms with Crippen LogP contribution in [0.15, 0.2) is 30.5 Å². The Bertz CT molecular complexity index is 550. The molecule has 5 nitrogen and oxygen atoms in total. The van der Waals surface area contributed by atoms with E-state index in [0.717, 1.165) is 16.6 Å². The van der Waals surface area contributed by atoms with Crippen molar-refractivity contribution in [3.8, 4) is 0 Å². The molecule has 2 aromatic rings. The lowest BCUT2D eigenvalue weighted by Crippen LogP contribution is -2.37. The molecular weight excluding hydrogens is 228 g/mol. The normalized spacial score (nSPS) is 12.1. The third-order valence-electron chi connectivity index (χ3n) is 2.66. The summed E-state index contributed by atoms with van der Waals surface area (Å²) in [7, 11) is 0. The molecule has 0 saturated heterocycles.